The van der Waals surface area contributed by atoms with Gasteiger partial charge in [-0.15, -0.1) is 0 Å². The summed E-state index contributed by atoms with van der Waals surface area (Å²) in [5.74, 6) is 0.765. The molecule has 2 amide bonds. The first-order chi connectivity index (χ1) is 7.17. The lowest BCUT2D eigenvalue weighted by atomic mass is 9.87. The fraction of sp³-hybridized carbons (Fsp3) is 0.917. The van der Waals surface area contributed by atoms with Crippen LogP contribution >= 0.6 is 0 Å². The number of hydrogen-bond donors (Lipinski definition) is 1. The van der Waals surface area contributed by atoms with E-state index in [1.807, 2.05) is 18.7 Å². The molecule has 88 valence electrons. The number of nitrogens with one attached hydrogen (secondary N) is 1. The van der Waals surface area contributed by atoms with Gasteiger partial charge in [-0.05, 0) is 32.6 Å². The van der Waals surface area contributed by atoms with E-state index in [1.165, 1.54) is 12.8 Å². The lowest BCUT2D eigenvalue weighted by Crippen LogP contribution is -2.46. The summed E-state index contributed by atoms with van der Waals surface area (Å²) >= 11 is 0. The third kappa shape index (κ3) is 3.73. The van der Waals surface area contributed by atoms with Gasteiger partial charge in [-0.25, -0.2) is 4.79 Å². The summed E-state index contributed by atoms with van der Waals surface area (Å²) < 4.78 is 0. The average Bonchev–Trinajstić information content (AvgIpc) is 2.19. The second-order valence-electron chi connectivity index (χ2n) is 4.59. The van der Waals surface area contributed by atoms with Crippen molar-refractivity contribution >= 4 is 6.03 Å². The number of rotatable bonds is 3. The Morgan fingerprint density at radius 1 is 1.33 bits per heavy atom. The Balaban J connectivity index is 2.36. The van der Waals surface area contributed by atoms with Crippen LogP contribution in [0.2, 0.25) is 0 Å². The topological polar surface area (TPSA) is 32.3 Å². The Hall–Kier alpha value is -0.730. The van der Waals surface area contributed by atoms with E-state index in [0.29, 0.717) is 6.04 Å². The van der Waals surface area contributed by atoms with E-state index < -0.39 is 0 Å². The molecule has 0 bridgehead atoms. The van der Waals surface area contributed by atoms with Crippen molar-refractivity contribution in [3.63, 3.8) is 0 Å². The molecule has 0 aliphatic heterocycles. The van der Waals surface area contributed by atoms with Gasteiger partial charge in [0, 0.05) is 19.1 Å². The standard InChI is InChI=1S/C12H24N2O/c1-4-14(5-2)12(15)13-11-8-6-7-10(3)9-11/h10-11H,4-9H2,1-3H3,(H,13,15). The van der Waals surface area contributed by atoms with Crippen molar-refractivity contribution in [3.05, 3.63) is 0 Å². The Labute approximate surface area is 93.2 Å². The molecule has 3 nitrogen and oxygen atoms in total. The van der Waals surface area contributed by atoms with Crippen LogP contribution in [0.15, 0.2) is 0 Å². The Bertz CT molecular complexity index is 202. The highest BCUT2D eigenvalue weighted by Crippen LogP contribution is 2.23. The zero-order valence-corrected chi connectivity index (χ0v) is 10.3. The first-order valence-electron chi connectivity index (χ1n) is 6.22. The summed E-state index contributed by atoms with van der Waals surface area (Å²) in [5.41, 5.74) is 0. The van der Waals surface area contributed by atoms with Crippen LogP contribution in [-0.2, 0) is 0 Å². The highest BCUT2D eigenvalue weighted by Gasteiger charge is 2.21. The van der Waals surface area contributed by atoms with Gasteiger partial charge in [0.05, 0.1) is 0 Å². The molecule has 0 spiro atoms. The van der Waals surface area contributed by atoms with E-state index in [4.69, 9.17) is 0 Å². The van der Waals surface area contributed by atoms with E-state index in [-0.39, 0.29) is 6.03 Å². The smallest absolute Gasteiger partial charge is 0.317 e. The summed E-state index contributed by atoms with van der Waals surface area (Å²) in [6.45, 7) is 7.91. The van der Waals surface area contributed by atoms with Crippen molar-refractivity contribution in [2.75, 3.05) is 13.1 Å². The number of nitrogens with zero attached hydrogens (tertiary/aromatic N) is 1. The average molecular weight is 212 g/mol. The molecule has 0 heterocycles. The van der Waals surface area contributed by atoms with Crippen LogP contribution in [0.25, 0.3) is 0 Å². The number of carbonyl (C=O) groups excluding carboxylic acids is 1. The second-order valence-corrected chi connectivity index (χ2v) is 4.59. The summed E-state index contributed by atoms with van der Waals surface area (Å²) in [4.78, 5) is 13.6. The van der Waals surface area contributed by atoms with Gasteiger partial charge < -0.3 is 10.2 Å². The molecule has 1 fully saturated rings. The Kier molecular flexibility index (Phi) is 4.92. The van der Waals surface area contributed by atoms with Crippen molar-refractivity contribution in [2.45, 2.75) is 52.5 Å². The van der Waals surface area contributed by atoms with E-state index in [9.17, 15) is 4.79 Å². The third-order valence-electron chi connectivity index (χ3n) is 3.31. The van der Waals surface area contributed by atoms with Crippen LogP contribution in [-0.4, -0.2) is 30.1 Å². The summed E-state index contributed by atoms with van der Waals surface area (Å²) in [6, 6.07) is 0.515. The van der Waals surface area contributed by atoms with Crippen molar-refractivity contribution in [1.29, 1.82) is 0 Å². The number of urea groups is 1. The molecule has 1 aliphatic carbocycles. The highest BCUT2D eigenvalue weighted by atomic mass is 16.2. The fourth-order valence-corrected chi connectivity index (χ4v) is 2.34. The van der Waals surface area contributed by atoms with Crippen molar-refractivity contribution < 1.29 is 4.79 Å². The van der Waals surface area contributed by atoms with Crippen molar-refractivity contribution in [3.8, 4) is 0 Å². The molecule has 15 heavy (non-hydrogen) atoms. The van der Waals surface area contributed by atoms with Crippen LogP contribution in [0, 0.1) is 5.92 Å². The first kappa shape index (κ1) is 12.3. The molecular formula is C12H24N2O. The van der Waals surface area contributed by atoms with Gasteiger partial charge in [0.15, 0.2) is 0 Å². The quantitative estimate of drug-likeness (QED) is 0.766. The minimum atomic E-state index is 0.110. The maximum absolute atomic E-state index is 11.8. The molecule has 0 saturated heterocycles. The number of carbonyl (C=O) groups is 1. The monoisotopic (exact) mass is 212 g/mol. The number of hydrogen-bond acceptors (Lipinski definition) is 1. The van der Waals surface area contributed by atoms with Gasteiger partial charge in [0.2, 0.25) is 0 Å². The zero-order chi connectivity index (χ0) is 11.3. The lowest BCUT2D eigenvalue weighted by molar-refractivity contribution is 0.191. The maximum Gasteiger partial charge on any atom is 0.317 e. The predicted octanol–water partition coefficient (Wildman–Crippen LogP) is 2.62. The van der Waals surface area contributed by atoms with Crippen LogP contribution in [0.1, 0.15) is 46.5 Å². The molecule has 2 unspecified atom stereocenters. The molecule has 0 aromatic carbocycles. The summed E-state index contributed by atoms with van der Waals surface area (Å²) in [7, 11) is 0. The van der Waals surface area contributed by atoms with Gasteiger partial charge in [0.25, 0.3) is 0 Å². The zero-order valence-electron chi connectivity index (χ0n) is 10.3. The minimum Gasteiger partial charge on any atom is -0.335 e. The SMILES string of the molecule is CCN(CC)C(=O)NC1CCCC(C)C1. The molecule has 0 aromatic heterocycles. The Morgan fingerprint density at radius 3 is 2.53 bits per heavy atom. The predicted molar refractivity (Wildman–Crippen MR) is 62.9 cm³/mol. The highest BCUT2D eigenvalue weighted by molar-refractivity contribution is 5.74. The van der Waals surface area contributed by atoms with E-state index in [0.717, 1.165) is 31.8 Å². The van der Waals surface area contributed by atoms with Gasteiger partial charge >= 0.3 is 6.03 Å². The summed E-state index contributed by atoms with van der Waals surface area (Å²) in [5, 5.41) is 3.14. The normalized spacial score (nSPS) is 26.1. The maximum atomic E-state index is 11.8. The fourth-order valence-electron chi connectivity index (χ4n) is 2.34. The number of amides is 2. The third-order valence-corrected chi connectivity index (χ3v) is 3.31. The van der Waals surface area contributed by atoms with Gasteiger partial charge in [-0.1, -0.05) is 19.8 Å². The molecule has 0 aromatic rings. The van der Waals surface area contributed by atoms with Gasteiger partial charge in [-0.2, -0.15) is 0 Å². The molecule has 0 radical (unpaired) electrons. The van der Waals surface area contributed by atoms with Crippen molar-refractivity contribution in [2.24, 2.45) is 5.92 Å². The molecule has 3 heteroatoms. The molecule has 1 aliphatic rings. The summed E-state index contributed by atoms with van der Waals surface area (Å²) in [6.07, 6.45) is 4.87. The van der Waals surface area contributed by atoms with Crippen LogP contribution < -0.4 is 5.32 Å². The van der Waals surface area contributed by atoms with E-state index >= 15 is 0 Å². The van der Waals surface area contributed by atoms with E-state index in [1.54, 1.807) is 0 Å². The van der Waals surface area contributed by atoms with Crippen molar-refractivity contribution in [1.82, 2.24) is 10.2 Å². The van der Waals surface area contributed by atoms with Crippen LogP contribution in [0.3, 0.4) is 0 Å². The van der Waals surface area contributed by atoms with E-state index in [2.05, 4.69) is 12.2 Å². The second kappa shape index (κ2) is 5.99. The Morgan fingerprint density at radius 2 is 2.00 bits per heavy atom. The van der Waals surface area contributed by atoms with Crippen LogP contribution in [0.4, 0.5) is 4.79 Å². The lowest BCUT2D eigenvalue weighted by Gasteiger charge is -2.29. The first-order valence-corrected chi connectivity index (χ1v) is 6.22. The molecule has 1 saturated carbocycles. The van der Waals surface area contributed by atoms with Gasteiger partial charge in [-0.3, -0.25) is 0 Å². The molecule has 1 rings (SSSR count). The van der Waals surface area contributed by atoms with Gasteiger partial charge in [0.1, 0.15) is 0 Å². The largest absolute Gasteiger partial charge is 0.335 e. The van der Waals surface area contributed by atoms with Crippen LogP contribution in [0.5, 0.6) is 0 Å². The molecule has 1 N–H and O–H groups in total. The molecular weight excluding hydrogens is 188 g/mol. The molecule has 2 atom stereocenters. The minimum absolute atomic E-state index is 0.110.